The molecule has 21 heavy (non-hydrogen) atoms. The molecule has 0 aromatic heterocycles. The van der Waals surface area contributed by atoms with Gasteiger partial charge in [0.05, 0.1) is 6.04 Å². The van der Waals surface area contributed by atoms with Crippen molar-refractivity contribution < 1.29 is 8.78 Å². The first kappa shape index (κ1) is 14.1. The van der Waals surface area contributed by atoms with Crippen LogP contribution < -0.4 is 5.32 Å². The summed E-state index contributed by atoms with van der Waals surface area (Å²) in [4.78, 5) is 0. The molecule has 0 bridgehead atoms. The molecule has 1 unspecified atom stereocenters. The van der Waals surface area contributed by atoms with Crippen LogP contribution in [0.25, 0.3) is 0 Å². The summed E-state index contributed by atoms with van der Waals surface area (Å²) in [5.41, 5.74) is 4.11. The molecule has 0 radical (unpaired) electrons. The summed E-state index contributed by atoms with van der Waals surface area (Å²) in [6.07, 6.45) is 0.724. The molecule has 1 aliphatic heterocycles. The third-order valence-corrected chi connectivity index (χ3v) is 4.06. The number of hydrogen-bond acceptors (Lipinski definition) is 1. The van der Waals surface area contributed by atoms with Gasteiger partial charge in [0, 0.05) is 17.3 Å². The maximum Gasteiger partial charge on any atom is 0.131 e. The third-order valence-electron chi connectivity index (χ3n) is 4.06. The van der Waals surface area contributed by atoms with Crippen LogP contribution in [0.4, 0.5) is 14.5 Å². The van der Waals surface area contributed by atoms with E-state index in [0.29, 0.717) is 5.56 Å². The second-order valence-electron chi connectivity index (χ2n) is 6.69. The molecule has 0 saturated heterocycles. The number of nitrogens with one attached hydrogen (secondary N) is 1. The van der Waals surface area contributed by atoms with Crippen LogP contribution in [0, 0.1) is 11.6 Å². The van der Waals surface area contributed by atoms with Gasteiger partial charge in [-0.25, -0.2) is 8.78 Å². The summed E-state index contributed by atoms with van der Waals surface area (Å²) >= 11 is 0. The van der Waals surface area contributed by atoms with Crippen LogP contribution in [-0.2, 0) is 11.8 Å². The maximum absolute atomic E-state index is 13.9. The van der Waals surface area contributed by atoms with Gasteiger partial charge in [0.2, 0.25) is 0 Å². The summed E-state index contributed by atoms with van der Waals surface area (Å²) in [6, 6.07) is 10.00. The van der Waals surface area contributed by atoms with Gasteiger partial charge in [0.25, 0.3) is 0 Å². The van der Waals surface area contributed by atoms with Crippen LogP contribution in [-0.4, -0.2) is 0 Å². The van der Waals surface area contributed by atoms with Crippen molar-refractivity contribution in [1.82, 2.24) is 0 Å². The van der Waals surface area contributed by atoms with E-state index in [1.54, 1.807) is 0 Å². The van der Waals surface area contributed by atoms with Gasteiger partial charge in [0.15, 0.2) is 0 Å². The van der Waals surface area contributed by atoms with E-state index in [4.69, 9.17) is 0 Å². The lowest BCUT2D eigenvalue weighted by atomic mass is 9.85. The third kappa shape index (κ3) is 2.65. The largest absolute Gasteiger partial charge is 0.378 e. The van der Waals surface area contributed by atoms with Gasteiger partial charge in [-0.1, -0.05) is 39.0 Å². The van der Waals surface area contributed by atoms with Gasteiger partial charge in [-0.2, -0.15) is 0 Å². The highest BCUT2D eigenvalue weighted by Gasteiger charge is 2.26. The minimum Gasteiger partial charge on any atom is -0.378 e. The van der Waals surface area contributed by atoms with Gasteiger partial charge in [-0.05, 0) is 35.1 Å². The lowest BCUT2D eigenvalue weighted by Gasteiger charge is -2.19. The highest BCUT2D eigenvalue weighted by Crippen LogP contribution is 2.37. The molecule has 0 spiro atoms. The molecule has 2 aromatic rings. The van der Waals surface area contributed by atoms with Crippen molar-refractivity contribution in [3.63, 3.8) is 0 Å². The lowest BCUT2D eigenvalue weighted by molar-refractivity contribution is 0.563. The van der Waals surface area contributed by atoms with Gasteiger partial charge in [0.1, 0.15) is 11.6 Å². The van der Waals surface area contributed by atoms with Crippen LogP contribution in [0.1, 0.15) is 43.5 Å². The van der Waals surface area contributed by atoms with E-state index in [9.17, 15) is 8.78 Å². The topological polar surface area (TPSA) is 12.0 Å². The van der Waals surface area contributed by atoms with Gasteiger partial charge in [-0.15, -0.1) is 0 Å². The zero-order valence-electron chi connectivity index (χ0n) is 12.5. The second-order valence-corrected chi connectivity index (χ2v) is 6.69. The van der Waals surface area contributed by atoms with E-state index in [2.05, 4.69) is 44.3 Å². The Morgan fingerprint density at radius 3 is 2.48 bits per heavy atom. The first-order valence-corrected chi connectivity index (χ1v) is 7.19. The molecule has 1 heterocycles. The predicted octanol–water partition coefficient (Wildman–Crippen LogP) is 4.97. The Bertz CT molecular complexity index is 686. The van der Waals surface area contributed by atoms with Crippen LogP contribution in [0.2, 0.25) is 0 Å². The fraction of sp³-hybridized carbons (Fsp3) is 0.333. The van der Waals surface area contributed by atoms with Crippen LogP contribution in [0.5, 0.6) is 0 Å². The molecule has 0 saturated carbocycles. The number of halogens is 2. The summed E-state index contributed by atoms with van der Waals surface area (Å²) in [5.74, 6) is -1.03. The Labute approximate surface area is 124 Å². The van der Waals surface area contributed by atoms with E-state index in [-0.39, 0.29) is 11.5 Å². The van der Waals surface area contributed by atoms with E-state index < -0.39 is 11.6 Å². The Morgan fingerprint density at radius 1 is 1.05 bits per heavy atom. The molecule has 1 N–H and O–H groups in total. The van der Waals surface area contributed by atoms with Gasteiger partial charge in [-0.3, -0.25) is 0 Å². The average molecular weight is 287 g/mol. The quantitative estimate of drug-likeness (QED) is 0.780. The van der Waals surface area contributed by atoms with Crippen molar-refractivity contribution in [3.8, 4) is 0 Å². The van der Waals surface area contributed by atoms with E-state index in [1.165, 1.54) is 23.3 Å². The summed E-state index contributed by atoms with van der Waals surface area (Å²) in [7, 11) is 0. The van der Waals surface area contributed by atoms with Crippen molar-refractivity contribution in [2.75, 3.05) is 5.32 Å². The summed E-state index contributed by atoms with van der Waals surface area (Å²) in [5, 5.41) is 3.33. The van der Waals surface area contributed by atoms with Crippen LogP contribution in [0.3, 0.4) is 0 Å². The monoisotopic (exact) mass is 287 g/mol. The van der Waals surface area contributed by atoms with E-state index in [0.717, 1.165) is 18.2 Å². The Hall–Kier alpha value is -1.90. The highest BCUT2D eigenvalue weighted by atomic mass is 19.1. The lowest BCUT2D eigenvalue weighted by Crippen LogP contribution is -2.11. The molecule has 110 valence electrons. The van der Waals surface area contributed by atoms with E-state index >= 15 is 0 Å². The number of fused-ring (bicyclic) bond motifs is 1. The van der Waals surface area contributed by atoms with Gasteiger partial charge >= 0.3 is 0 Å². The molecule has 3 heteroatoms. The molecule has 3 rings (SSSR count). The molecule has 0 amide bonds. The molecular weight excluding hydrogens is 268 g/mol. The number of benzene rings is 2. The van der Waals surface area contributed by atoms with Crippen molar-refractivity contribution in [2.45, 2.75) is 38.6 Å². The Balaban J connectivity index is 1.91. The fourth-order valence-corrected chi connectivity index (χ4v) is 2.80. The molecule has 2 aromatic carbocycles. The minimum atomic E-state index is -0.540. The Morgan fingerprint density at radius 2 is 1.81 bits per heavy atom. The van der Waals surface area contributed by atoms with Crippen molar-refractivity contribution in [2.24, 2.45) is 0 Å². The molecule has 0 fully saturated rings. The standard InChI is InChI=1S/C18H19F2N/c1-18(2,3)12-4-7-16-11(8-12)9-17(21-16)14-6-5-13(19)10-15(14)20/h4-8,10,17,21H,9H2,1-3H3. The van der Waals surface area contributed by atoms with E-state index in [1.807, 2.05) is 0 Å². The molecule has 1 atom stereocenters. The normalized spacial score (nSPS) is 17.5. The Kier molecular flexibility index (Phi) is 3.23. The molecule has 0 aliphatic carbocycles. The zero-order valence-corrected chi connectivity index (χ0v) is 12.5. The number of hydrogen-bond donors (Lipinski definition) is 1. The minimum absolute atomic E-state index is 0.0915. The highest BCUT2D eigenvalue weighted by molar-refractivity contribution is 5.60. The van der Waals surface area contributed by atoms with Crippen LogP contribution in [0.15, 0.2) is 36.4 Å². The maximum atomic E-state index is 13.9. The SMILES string of the molecule is CC(C)(C)c1ccc2c(c1)CC(c1ccc(F)cc1F)N2. The van der Waals surface area contributed by atoms with Crippen molar-refractivity contribution in [1.29, 1.82) is 0 Å². The van der Waals surface area contributed by atoms with Crippen molar-refractivity contribution >= 4 is 5.69 Å². The zero-order chi connectivity index (χ0) is 15.2. The first-order valence-electron chi connectivity index (χ1n) is 7.19. The molecule has 1 aliphatic rings. The van der Waals surface area contributed by atoms with Crippen molar-refractivity contribution in [3.05, 3.63) is 64.7 Å². The first-order chi connectivity index (χ1) is 9.84. The number of anilines is 1. The summed E-state index contributed by atoms with van der Waals surface area (Å²) < 4.78 is 26.9. The predicted molar refractivity (Wildman–Crippen MR) is 81.6 cm³/mol. The molecule has 1 nitrogen and oxygen atoms in total. The molecular formula is C18H19F2N. The second kappa shape index (κ2) is 4.83. The van der Waals surface area contributed by atoms with Crippen LogP contribution >= 0.6 is 0 Å². The summed E-state index contributed by atoms with van der Waals surface area (Å²) in [6.45, 7) is 6.52. The average Bonchev–Trinajstić information content (AvgIpc) is 2.79. The van der Waals surface area contributed by atoms with Gasteiger partial charge < -0.3 is 5.32 Å². The smallest absolute Gasteiger partial charge is 0.131 e. The fourth-order valence-electron chi connectivity index (χ4n) is 2.80. The number of rotatable bonds is 1.